The lowest BCUT2D eigenvalue weighted by Crippen LogP contribution is -2.12. The molecular formula is C14H13N3O3. The van der Waals surface area contributed by atoms with E-state index >= 15 is 0 Å². The number of carbonyl (C=O) groups excluding carboxylic acids is 1. The minimum absolute atomic E-state index is 0.296. The van der Waals surface area contributed by atoms with E-state index in [-0.39, 0.29) is 5.69 Å². The van der Waals surface area contributed by atoms with E-state index in [1.54, 1.807) is 19.1 Å². The van der Waals surface area contributed by atoms with Crippen molar-refractivity contribution in [2.75, 3.05) is 6.61 Å². The summed E-state index contributed by atoms with van der Waals surface area (Å²) in [6.45, 7) is 3.98. The van der Waals surface area contributed by atoms with Crippen LogP contribution in [0.15, 0.2) is 29.1 Å². The third kappa shape index (κ3) is 1.77. The zero-order valence-corrected chi connectivity index (χ0v) is 11.1. The van der Waals surface area contributed by atoms with Gasteiger partial charge in [-0.2, -0.15) is 5.10 Å². The quantitative estimate of drug-likeness (QED) is 0.719. The highest BCUT2D eigenvalue weighted by Gasteiger charge is 2.16. The molecule has 0 spiro atoms. The van der Waals surface area contributed by atoms with Crippen LogP contribution in [0.5, 0.6) is 0 Å². The molecule has 102 valence electrons. The largest absolute Gasteiger partial charge is 0.462 e. The average Bonchev–Trinajstić information content (AvgIpc) is 2.79. The summed E-state index contributed by atoms with van der Waals surface area (Å²) in [6, 6.07) is 7.12. The van der Waals surface area contributed by atoms with Crippen molar-refractivity contribution < 1.29 is 9.53 Å². The summed E-state index contributed by atoms with van der Waals surface area (Å²) in [5.41, 5.74) is 2.12. The molecule has 3 rings (SSSR count). The number of hydrogen-bond donors (Lipinski definition) is 1. The zero-order chi connectivity index (χ0) is 14.3. The van der Waals surface area contributed by atoms with Crippen LogP contribution in [-0.4, -0.2) is 27.2 Å². The first-order valence-electron chi connectivity index (χ1n) is 6.29. The molecule has 2 heterocycles. The Balaban J connectivity index is 2.45. The fourth-order valence-corrected chi connectivity index (χ4v) is 2.28. The molecule has 20 heavy (non-hydrogen) atoms. The van der Waals surface area contributed by atoms with E-state index in [2.05, 4.69) is 10.2 Å². The van der Waals surface area contributed by atoms with Crippen molar-refractivity contribution in [2.24, 2.45) is 0 Å². The number of benzene rings is 1. The molecule has 2 aromatic heterocycles. The number of esters is 1. The van der Waals surface area contributed by atoms with E-state index in [0.717, 1.165) is 5.56 Å². The van der Waals surface area contributed by atoms with Gasteiger partial charge >= 0.3 is 11.7 Å². The number of ether oxygens (including phenoxy) is 1. The molecule has 1 N–H and O–H groups in total. The smallest absolute Gasteiger partial charge is 0.348 e. The molecule has 3 aromatic rings. The predicted octanol–water partition coefficient (Wildman–Crippen LogP) is 1.66. The van der Waals surface area contributed by atoms with Crippen LogP contribution in [0.1, 0.15) is 22.8 Å². The third-order valence-corrected chi connectivity index (χ3v) is 3.15. The number of aryl methyl sites for hydroxylation is 1. The molecule has 1 aromatic carbocycles. The molecule has 0 aliphatic carbocycles. The Labute approximate surface area is 114 Å². The highest BCUT2D eigenvalue weighted by molar-refractivity contribution is 6.05. The van der Waals surface area contributed by atoms with E-state index < -0.39 is 5.97 Å². The van der Waals surface area contributed by atoms with Gasteiger partial charge in [-0.1, -0.05) is 11.6 Å². The lowest BCUT2D eigenvalue weighted by atomic mass is 10.1. The van der Waals surface area contributed by atoms with Crippen molar-refractivity contribution in [1.29, 1.82) is 0 Å². The molecule has 0 aliphatic rings. The van der Waals surface area contributed by atoms with Crippen molar-refractivity contribution in [2.45, 2.75) is 13.8 Å². The first kappa shape index (κ1) is 12.4. The Morgan fingerprint density at radius 1 is 1.40 bits per heavy atom. The number of carbonyl (C=O) groups is 1. The number of pyridine rings is 1. The molecule has 0 amide bonds. The summed E-state index contributed by atoms with van der Waals surface area (Å²) in [6.07, 6.45) is 0. The predicted molar refractivity (Wildman–Crippen MR) is 74.0 cm³/mol. The minimum Gasteiger partial charge on any atom is -0.462 e. The van der Waals surface area contributed by atoms with Gasteiger partial charge < -0.3 is 4.74 Å². The fourth-order valence-electron chi connectivity index (χ4n) is 2.28. The molecule has 0 saturated heterocycles. The summed E-state index contributed by atoms with van der Waals surface area (Å²) < 4.78 is 6.51. The van der Waals surface area contributed by atoms with E-state index in [1.807, 2.05) is 19.1 Å². The standard InChI is InChI=1S/C14H13N3O3/c1-3-20-13(18)10-7-12-15-16-14(19)17(12)11-5-4-8(2)6-9(10)11/h4-7H,3H2,1-2H3,(H,16,19). The fraction of sp³-hybridized carbons (Fsp3) is 0.214. The Morgan fingerprint density at radius 3 is 2.95 bits per heavy atom. The van der Waals surface area contributed by atoms with Gasteiger partial charge in [0, 0.05) is 5.39 Å². The van der Waals surface area contributed by atoms with Crippen LogP contribution in [0.4, 0.5) is 0 Å². The average molecular weight is 271 g/mol. The van der Waals surface area contributed by atoms with Crippen molar-refractivity contribution in [1.82, 2.24) is 14.6 Å². The van der Waals surface area contributed by atoms with Gasteiger partial charge in [-0.05, 0) is 32.0 Å². The summed E-state index contributed by atoms with van der Waals surface area (Å²) in [7, 11) is 0. The van der Waals surface area contributed by atoms with Crippen LogP contribution in [0.25, 0.3) is 16.6 Å². The summed E-state index contributed by atoms with van der Waals surface area (Å²) in [4.78, 5) is 23.9. The summed E-state index contributed by atoms with van der Waals surface area (Å²) >= 11 is 0. The number of hydrogen-bond acceptors (Lipinski definition) is 4. The normalized spacial score (nSPS) is 11.1. The van der Waals surface area contributed by atoms with Crippen LogP contribution in [0, 0.1) is 6.92 Å². The third-order valence-electron chi connectivity index (χ3n) is 3.15. The molecule has 6 heteroatoms. The van der Waals surface area contributed by atoms with Crippen molar-refractivity contribution in [3.63, 3.8) is 0 Å². The lowest BCUT2D eigenvalue weighted by Gasteiger charge is -2.08. The number of aromatic nitrogens is 3. The van der Waals surface area contributed by atoms with Gasteiger partial charge in [0.1, 0.15) is 0 Å². The summed E-state index contributed by atoms with van der Waals surface area (Å²) in [5.74, 6) is -0.416. The van der Waals surface area contributed by atoms with Crippen LogP contribution in [0.2, 0.25) is 0 Å². The van der Waals surface area contributed by atoms with Gasteiger partial charge in [-0.15, -0.1) is 0 Å². The van der Waals surface area contributed by atoms with Crippen molar-refractivity contribution in [3.05, 3.63) is 45.9 Å². The molecule has 6 nitrogen and oxygen atoms in total. The lowest BCUT2D eigenvalue weighted by molar-refractivity contribution is 0.0528. The Hall–Kier alpha value is -2.63. The van der Waals surface area contributed by atoms with Gasteiger partial charge in [0.05, 0.1) is 17.7 Å². The van der Waals surface area contributed by atoms with Crippen LogP contribution >= 0.6 is 0 Å². The zero-order valence-electron chi connectivity index (χ0n) is 11.1. The number of fused-ring (bicyclic) bond motifs is 3. The molecule has 0 radical (unpaired) electrons. The van der Waals surface area contributed by atoms with Crippen LogP contribution in [-0.2, 0) is 4.74 Å². The molecule has 0 bridgehead atoms. The van der Waals surface area contributed by atoms with Gasteiger partial charge in [0.15, 0.2) is 5.65 Å². The first-order chi connectivity index (χ1) is 9.61. The molecule has 0 aliphatic heterocycles. The second-order valence-electron chi connectivity index (χ2n) is 4.52. The van der Waals surface area contributed by atoms with E-state index in [1.165, 1.54) is 4.40 Å². The SMILES string of the molecule is CCOC(=O)c1cc2n[nH]c(=O)n2c2ccc(C)cc12. The topological polar surface area (TPSA) is 76.5 Å². The molecule has 0 fully saturated rings. The van der Waals surface area contributed by atoms with Crippen LogP contribution < -0.4 is 5.69 Å². The maximum atomic E-state index is 12.1. The number of nitrogens with zero attached hydrogens (tertiary/aromatic N) is 2. The minimum atomic E-state index is -0.416. The van der Waals surface area contributed by atoms with E-state index in [4.69, 9.17) is 4.74 Å². The maximum absolute atomic E-state index is 12.1. The van der Waals surface area contributed by atoms with Crippen molar-refractivity contribution in [3.8, 4) is 0 Å². The van der Waals surface area contributed by atoms with Gasteiger partial charge in [-0.25, -0.2) is 19.1 Å². The molecule has 0 saturated carbocycles. The highest BCUT2D eigenvalue weighted by atomic mass is 16.5. The number of rotatable bonds is 2. The Bertz CT molecular complexity index is 876. The first-order valence-corrected chi connectivity index (χ1v) is 6.29. The number of H-pyrrole nitrogens is 1. The monoisotopic (exact) mass is 271 g/mol. The number of nitrogens with one attached hydrogen (secondary N) is 1. The second-order valence-corrected chi connectivity index (χ2v) is 4.52. The molecule has 0 atom stereocenters. The molecule has 0 unspecified atom stereocenters. The second kappa shape index (κ2) is 4.48. The maximum Gasteiger partial charge on any atom is 0.348 e. The Morgan fingerprint density at radius 2 is 2.20 bits per heavy atom. The van der Waals surface area contributed by atoms with Gasteiger partial charge in [-0.3, -0.25) is 0 Å². The van der Waals surface area contributed by atoms with Gasteiger partial charge in [0.25, 0.3) is 0 Å². The van der Waals surface area contributed by atoms with Crippen LogP contribution in [0.3, 0.4) is 0 Å². The molecular weight excluding hydrogens is 258 g/mol. The number of aromatic amines is 1. The summed E-state index contributed by atoms with van der Waals surface area (Å²) in [5, 5.41) is 6.98. The Kier molecular flexibility index (Phi) is 2.78. The van der Waals surface area contributed by atoms with E-state index in [0.29, 0.717) is 28.7 Å². The highest BCUT2D eigenvalue weighted by Crippen LogP contribution is 2.22. The van der Waals surface area contributed by atoms with Gasteiger partial charge in [0.2, 0.25) is 0 Å². The van der Waals surface area contributed by atoms with E-state index in [9.17, 15) is 9.59 Å². The van der Waals surface area contributed by atoms with Crippen molar-refractivity contribution >= 4 is 22.5 Å².